The van der Waals surface area contributed by atoms with Gasteiger partial charge < -0.3 is 4.98 Å². The number of aryl methyl sites for hydroxylation is 2. The molecule has 0 saturated heterocycles. The Kier molecular flexibility index (Phi) is 3.15. The predicted molar refractivity (Wildman–Crippen MR) is 77.6 cm³/mol. The van der Waals surface area contributed by atoms with Gasteiger partial charge in [0.25, 0.3) is 0 Å². The molecular formula is C15H13BrN2. The number of halogens is 1. The summed E-state index contributed by atoms with van der Waals surface area (Å²) in [5.74, 6) is 0. The Balaban J connectivity index is 1.76. The fourth-order valence-electron chi connectivity index (χ4n) is 2.12. The van der Waals surface area contributed by atoms with Gasteiger partial charge in [-0.1, -0.05) is 34.1 Å². The van der Waals surface area contributed by atoms with Crippen molar-refractivity contribution < 1.29 is 0 Å². The number of H-pyrrole nitrogens is 1. The van der Waals surface area contributed by atoms with E-state index in [1.54, 1.807) is 6.33 Å². The van der Waals surface area contributed by atoms with E-state index in [9.17, 15) is 0 Å². The lowest BCUT2D eigenvalue weighted by Gasteiger charge is -2.03. The first-order valence-corrected chi connectivity index (χ1v) is 6.77. The smallest absolute Gasteiger partial charge is 0.0931 e. The zero-order valence-corrected chi connectivity index (χ0v) is 11.4. The maximum absolute atomic E-state index is 4.23. The van der Waals surface area contributed by atoms with Crippen LogP contribution in [-0.4, -0.2) is 9.97 Å². The molecule has 90 valence electrons. The Morgan fingerprint density at radius 3 is 2.67 bits per heavy atom. The van der Waals surface area contributed by atoms with Crippen molar-refractivity contribution in [2.24, 2.45) is 0 Å². The molecule has 0 fully saturated rings. The molecule has 0 bridgehead atoms. The Bertz CT molecular complexity index is 673. The first-order valence-electron chi connectivity index (χ1n) is 5.98. The highest BCUT2D eigenvalue weighted by molar-refractivity contribution is 9.10. The summed E-state index contributed by atoms with van der Waals surface area (Å²) in [6.07, 6.45) is 3.84. The molecule has 0 unspecified atom stereocenters. The van der Waals surface area contributed by atoms with E-state index in [0.717, 1.165) is 28.3 Å². The molecule has 0 aliphatic heterocycles. The van der Waals surface area contributed by atoms with E-state index in [1.807, 2.05) is 0 Å². The van der Waals surface area contributed by atoms with Crippen molar-refractivity contribution in [3.8, 4) is 0 Å². The maximum Gasteiger partial charge on any atom is 0.0931 e. The molecule has 2 aromatic carbocycles. The van der Waals surface area contributed by atoms with Gasteiger partial charge in [-0.05, 0) is 48.2 Å². The molecule has 2 nitrogen and oxygen atoms in total. The van der Waals surface area contributed by atoms with E-state index < -0.39 is 0 Å². The molecule has 0 aliphatic rings. The highest BCUT2D eigenvalue weighted by Gasteiger charge is 2.00. The minimum Gasteiger partial charge on any atom is -0.345 e. The molecule has 18 heavy (non-hydrogen) atoms. The SMILES string of the molecule is Brc1cccc(CCc2ccc3nc[nH]c3c2)c1. The summed E-state index contributed by atoms with van der Waals surface area (Å²) in [6.45, 7) is 0. The highest BCUT2D eigenvalue weighted by Crippen LogP contribution is 2.16. The summed E-state index contributed by atoms with van der Waals surface area (Å²) in [5.41, 5.74) is 4.84. The van der Waals surface area contributed by atoms with Crippen molar-refractivity contribution in [1.82, 2.24) is 9.97 Å². The van der Waals surface area contributed by atoms with Gasteiger partial charge >= 0.3 is 0 Å². The lowest BCUT2D eigenvalue weighted by Crippen LogP contribution is -1.91. The summed E-state index contributed by atoms with van der Waals surface area (Å²) in [4.78, 5) is 7.38. The number of aromatic nitrogens is 2. The number of fused-ring (bicyclic) bond motifs is 1. The van der Waals surface area contributed by atoms with Crippen LogP contribution in [0, 0.1) is 0 Å². The van der Waals surface area contributed by atoms with Crippen LogP contribution >= 0.6 is 15.9 Å². The molecule has 3 heteroatoms. The fraction of sp³-hybridized carbons (Fsp3) is 0.133. The van der Waals surface area contributed by atoms with Gasteiger partial charge in [-0.25, -0.2) is 4.98 Å². The van der Waals surface area contributed by atoms with Crippen LogP contribution in [0.2, 0.25) is 0 Å². The lowest BCUT2D eigenvalue weighted by atomic mass is 10.0. The van der Waals surface area contributed by atoms with Crippen molar-refractivity contribution >= 4 is 27.0 Å². The van der Waals surface area contributed by atoms with Gasteiger partial charge in [0, 0.05) is 4.47 Å². The summed E-state index contributed by atoms with van der Waals surface area (Å²) >= 11 is 3.50. The van der Waals surface area contributed by atoms with Crippen molar-refractivity contribution in [2.45, 2.75) is 12.8 Å². The molecule has 0 atom stereocenters. The number of nitrogens with one attached hydrogen (secondary N) is 1. The number of benzene rings is 2. The normalized spacial score (nSPS) is 10.9. The number of aromatic amines is 1. The van der Waals surface area contributed by atoms with E-state index in [0.29, 0.717) is 0 Å². The van der Waals surface area contributed by atoms with Gasteiger partial charge in [-0.2, -0.15) is 0 Å². The first-order chi connectivity index (χ1) is 8.81. The molecule has 3 rings (SSSR count). The Morgan fingerprint density at radius 1 is 1.00 bits per heavy atom. The van der Waals surface area contributed by atoms with Crippen LogP contribution in [-0.2, 0) is 12.8 Å². The molecule has 1 heterocycles. The number of hydrogen-bond acceptors (Lipinski definition) is 1. The second-order valence-electron chi connectivity index (χ2n) is 4.38. The number of nitrogens with zero attached hydrogens (tertiary/aromatic N) is 1. The number of imidazole rings is 1. The minimum atomic E-state index is 1.03. The first kappa shape index (κ1) is 11.5. The standard InChI is InChI=1S/C15H13BrN2/c16-13-3-1-2-11(8-13)4-5-12-6-7-14-15(9-12)18-10-17-14/h1-3,6-10H,4-5H2,(H,17,18). The molecule has 0 amide bonds. The molecule has 0 aliphatic carbocycles. The second kappa shape index (κ2) is 4.94. The van der Waals surface area contributed by atoms with E-state index in [4.69, 9.17) is 0 Å². The monoisotopic (exact) mass is 300 g/mol. The van der Waals surface area contributed by atoms with Gasteiger partial charge in [0.05, 0.1) is 17.4 Å². The van der Waals surface area contributed by atoms with E-state index in [-0.39, 0.29) is 0 Å². The third-order valence-electron chi connectivity index (χ3n) is 3.08. The summed E-state index contributed by atoms with van der Waals surface area (Å²) < 4.78 is 1.14. The molecule has 1 N–H and O–H groups in total. The molecule has 3 aromatic rings. The van der Waals surface area contributed by atoms with Crippen molar-refractivity contribution in [2.75, 3.05) is 0 Å². The fourth-order valence-corrected chi connectivity index (χ4v) is 2.57. The van der Waals surface area contributed by atoms with E-state index in [1.165, 1.54) is 11.1 Å². The average Bonchev–Trinajstić information content (AvgIpc) is 2.84. The zero-order valence-electron chi connectivity index (χ0n) is 9.86. The predicted octanol–water partition coefficient (Wildman–Crippen LogP) is 4.11. The molecule has 0 spiro atoms. The van der Waals surface area contributed by atoms with Crippen LogP contribution in [0.4, 0.5) is 0 Å². The van der Waals surface area contributed by atoms with Crippen molar-refractivity contribution in [3.05, 3.63) is 64.4 Å². The highest BCUT2D eigenvalue weighted by atomic mass is 79.9. The van der Waals surface area contributed by atoms with Crippen molar-refractivity contribution in [3.63, 3.8) is 0 Å². The van der Waals surface area contributed by atoms with Gasteiger partial charge in [-0.15, -0.1) is 0 Å². The van der Waals surface area contributed by atoms with Crippen LogP contribution in [0.15, 0.2) is 53.3 Å². The zero-order chi connectivity index (χ0) is 12.4. The van der Waals surface area contributed by atoms with Gasteiger partial charge in [-0.3, -0.25) is 0 Å². The summed E-state index contributed by atoms with van der Waals surface area (Å²) in [7, 11) is 0. The summed E-state index contributed by atoms with van der Waals surface area (Å²) in [5, 5.41) is 0. The van der Waals surface area contributed by atoms with Crippen LogP contribution < -0.4 is 0 Å². The van der Waals surface area contributed by atoms with E-state index >= 15 is 0 Å². The Hall–Kier alpha value is -1.61. The second-order valence-corrected chi connectivity index (χ2v) is 5.30. The third kappa shape index (κ3) is 2.46. The van der Waals surface area contributed by atoms with Crippen molar-refractivity contribution in [1.29, 1.82) is 0 Å². The van der Waals surface area contributed by atoms with Crippen LogP contribution in [0.3, 0.4) is 0 Å². The maximum atomic E-state index is 4.23. The van der Waals surface area contributed by atoms with Gasteiger partial charge in [0.15, 0.2) is 0 Å². The number of hydrogen-bond donors (Lipinski definition) is 1. The topological polar surface area (TPSA) is 28.7 Å². The minimum absolute atomic E-state index is 1.03. The average molecular weight is 301 g/mol. The van der Waals surface area contributed by atoms with Gasteiger partial charge in [0.2, 0.25) is 0 Å². The molecule has 0 radical (unpaired) electrons. The van der Waals surface area contributed by atoms with Crippen LogP contribution in [0.5, 0.6) is 0 Å². The van der Waals surface area contributed by atoms with E-state index in [2.05, 4.69) is 68.4 Å². The number of rotatable bonds is 3. The largest absolute Gasteiger partial charge is 0.345 e. The molecular weight excluding hydrogens is 288 g/mol. The Labute approximate surface area is 114 Å². The lowest BCUT2D eigenvalue weighted by molar-refractivity contribution is 0.961. The summed E-state index contributed by atoms with van der Waals surface area (Å²) in [6, 6.07) is 14.9. The quantitative estimate of drug-likeness (QED) is 0.775. The van der Waals surface area contributed by atoms with Crippen LogP contribution in [0.25, 0.3) is 11.0 Å². The van der Waals surface area contributed by atoms with Gasteiger partial charge in [0.1, 0.15) is 0 Å². The van der Waals surface area contributed by atoms with Crippen LogP contribution in [0.1, 0.15) is 11.1 Å². The molecule has 0 saturated carbocycles. The third-order valence-corrected chi connectivity index (χ3v) is 3.57. The Morgan fingerprint density at radius 2 is 1.83 bits per heavy atom. The molecule has 1 aromatic heterocycles.